The van der Waals surface area contributed by atoms with Gasteiger partial charge in [0.2, 0.25) is 0 Å². The second-order valence-corrected chi connectivity index (χ2v) is 5.74. The van der Waals surface area contributed by atoms with E-state index >= 15 is 0 Å². The number of anilines is 1. The quantitative estimate of drug-likeness (QED) is 0.908. The fraction of sp³-hybridized carbons (Fsp3) is 0. The van der Waals surface area contributed by atoms with E-state index in [9.17, 15) is 22.0 Å². The first kappa shape index (κ1) is 14.9. The molecule has 0 aromatic heterocycles. The van der Waals surface area contributed by atoms with Gasteiger partial charge in [-0.1, -0.05) is 0 Å². The molecule has 0 saturated heterocycles. The van der Waals surface area contributed by atoms with Crippen LogP contribution >= 0.6 is 0 Å². The van der Waals surface area contributed by atoms with Crippen molar-refractivity contribution in [1.82, 2.24) is 0 Å². The summed E-state index contributed by atoms with van der Waals surface area (Å²) in [6.45, 7) is 0. The predicted molar refractivity (Wildman–Crippen MR) is 70.6 cm³/mol. The summed E-state index contributed by atoms with van der Waals surface area (Å²) < 4.78 is 52.3. The highest BCUT2D eigenvalue weighted by molar-refractivity contribution is 7.92. The number of carbonyl (C=O) groups is 1. The summed E-state index contributed by atoms with van der Waals surface area (Å²) in [5.41, 5.74) is -0.622. The zero-order valence-corrected chi connectivity index (χ0v) is 11.2. The number of halogens is 2. The maximum Gasteiger partial charge on any atom is 0.335 e. The molecule has 0 aliphatic carbocycles. The van der Waals surface area contributed by atoms with E-state index in [1.807, 2.05) is 4.72 Å². The minimum atomic E-state index is -4.14. The third-order valence-corrected chi connectivity index (χ3v) is 3.97. The third kappa shape index (κ3) is 3.34. The van der Waals surface area contributed by atoms with Crippen LogP contribution in [0.25, 0.3) is 0 Å². The van der Waals surface area contributed by atoms with Gasteiger partial charge in [-0.3, -0.25) is 4.72 Å². The second kappa shape index (κ2) is 5.49. The number of hydrogen-bond donors (Lipinski definition) is 2. The molecule has 0 atom stereocenters. The SMILES string of the molecule is O=C(O)c1ccc(S(=O)(=O)Nc2cc(F)ccc2F)cc1. The topological polar surface area (TPSA) is 83.5 Å². The smallest absolute Gasteiger partial charge is 0.335 e. The van der Waals surface area contributed by atoms with Crippen molar-refractivity contribution >= 4 is 21.7 Å². The Labute approximate surface area is 118 Å². The number of sulfonamides is 1. The van der Waals surface area contributed by atoms with Crippen molar-refractivity contribution in [2.75, 3.05) is 4.72 Å². The van der Waals surface area contributed by atoms with E-state index in [2.05, 4.69) is 0 Å². The van der Waals surface area contributed by atoms with Crippen LogP contribution in [-0.2, 0) is 10.0 Å². The summed E-state index contributed by atoms with van der Waals surface area (Å²) in [6.07, 6.45) is 0. The highest BCUT2D eigenvalue weighted by Crippen LogP contribution is 2.20. The van der Waals surface area contributed by atoms with E-state index in [1.54, 1.807) is 0 Å². The first-order valence-electron chi connectivity index (χ1n) is 5.61. The maximum absolute atomic E-state index is 13.4. The molecule has 0 spiro atoms. The Morgan fingerprint density at radius 3 is 2.24 bits per heavy atom. The van der Waals surface area contributed by atoms with Crippen molar-refractivity contribution in [1.29, 1.82) is 0 Å². The van der Waals surface area contributed by atoms with Crippen LogP contribution in [0.4, 0.5) is 14.5 Å². The van der Waals surface area contributed by atoms with Crippen LogP contribution in [0.1, 0.15) is 10.4 Å². The Kier molecular flexibility index (Phi) is 3.90. The highest BCUT2D eigenvalue weighted by Gasteiger charge is 2.17. The van der Waals surface area contributed by atoms with Gasteiger partial charge in [0.25, 0.3) is 10.0 Å². The van der Waals surface area contributed by atoms with Crippen molar-refractivity contribution in [3.8, 4) is 0 Å². The van der Waals surface area contributed by atoms with E-state index in [1.165, 1.54) is 0 Å². The van der Waals surface area contributed by atoms with Gasteiger partial charge in [0.05, 0.1) is 16.1 Å². The number of nitrogens with one attached hydrogen (secondary N) is 1. The van der Waals surface area contributed by atoms with E-state index in [-0.39, 0.29) is 10.5 Å². The lowest BCUT2D eigenvalue weighted by Gasteiger charge is -2.09. The lowest BCUT2D eigenvalue weighted by atomic mass is 10.2. The first-order valence-corrected chi connectivity index (χ1v) is 7.09. The number of aromatic carboxylic acids is 1. The summed E-state index contributed by atoms with van der Waals surface area (Å²) in [5, 5.41) is 8.72. The van der Waals surface area contributed by atoms with Crippen LogP contribution in [0.5, 0.6) is 0 Å². The van der Waals surface area contributed by atoms with Crippen LogP contribution in [0.3, 0.4) is 0 Å². The summed E-state index contributed by atoms with van der Waals surface area (Å²) in [6, 6.07) is 6.66. The number of carboxylic acids is 1. The summed E-state index contributed by atoms with van der Waals surface area (Å²) >= 11 is 0. The molecular formula is C13H9F2NO4S. The maximum atomic E-state index is 13.4. The monoisotopic (exact) mass is 313 g/mol. The number of hydrogen-bond acceptors (Lipinski definition) is 3. The molecular weight excluding hydrogens is 304 g/mol. The molecule has 110 valence electrons. The Balaban J connectivity index is 2.34. The molecule has 8 heteroatoms. The molecule has 0 heterocycles. The standard InChI is InChI=1S/C13H9F2NO4S/c14-9-3-6-11(15)12(7-9)16-21(19,20)10-4-1-8(2-5-10)13(17)18/h1-7,16H,(H,17,18). The summed E-state index contributed by atoms with van der Waals surface area (Å²) in [7, 11) is -4.14. The molecule has 0 aliphatic heterocycles. The molecule has 2 rings (SSSR count). The fourth-order valence-electron chi connectivity index (χ4n) is 1.56. The van der Waals surface area contributed by atoms with E-state index in [4.69, 9.17) is 5.11 Å². The zero-order chi connectivity index (χ0) is 15.6. The van der Waals surface area contributed by atoms with Crippen LogP contribution in [0.15, 0.2) is 47.4 Å². The van der Waals surface area contributed by atoms with Gasteiger partial charge in [0, 0.05) is 6.07 Å². The van der Waals surface area contributed by atoms with Gasteiger partial charge in [-0.05, 0) is 36.4 Å². The largest absolute Gasteiger partial charge is 0.478 e. The van der Waals surface area contributed by atoms with E-state index in [0.717, 1.165) is 36.4 Å². The van der Waals surface area contributed by atoms with Gasteiger partial charge in [0.15, 0.2) is 0 Å². The second-order valence-electron chi connectivity index (χ2n) is 4.06. The van der Waals surface area contributed by atoms with Gasteiger partial charge in [-0.2, -0.15) is 0 Å². The van der Waals surface area contributed by atoms with Crippen LogP contribution in [0.2, 0.25) is 0 Å². The van der Waals surface area contributed by atoms with Gasteiger partial charge >= 0.3 is 5.97 Å². The normalized spacial score (nSPS) is 11.1. The van der Waals surface area contributed by atoms with Crippen LogP contribution in [-0.4, -0.2) is 19.5 Å². The van der Waals surface area contributed by atoms with Crippen molar-refractivity contribution in [3.63, 3.8) is 0 Å². The van der Waals surface area contributed by atoms with Crippen LogP contribution < -0.4 is 4.72 Å². The molecule has 2 aromatic rings. The van der Waals surface area contributed by atoms with Gasteiger partial charge in [0.1, 0.15) is 11.6 Å². The minimum Gasteiger partial charge on any atom is -0.478 e. The van der Waals surface area contributed by atoms with Crippen molar-refractivity contribution in [2.45, 2.75) is 4.90 Å². The predicted octanol–water partition coefficient (Wildman–Crippen LogP) is 2.46. The molecule has 2 aromatic carbocycles. The first-order chi connectivity index (χ1) is 9.79. The average Bonchev–Trinajstić information content (AvgIpc) is 2.43. The number of benzene rings is 2. The molecule has 0 aliphatic rings. The summed E-state index contributed by atoms with van der Waals surface area (Å²) in [4.78, 5) is 10.4. The van der Waals surface area contributed by atoms with Gasteiger partial charge in [-0.25, -0.2) is 22.0 Å². The molecule has 0 saturated carbocycles. The van der Waals surface area contributed by atoms with Crippen molar-refractivity contribution in [2.24, 2.45) is 0 Å². The fourth-order valence-corrected chi connectivity index (χ4v) is 2.61. The average molecular weight is 313 g/mol. The number of rotatable bonds is 4. The Morgan fingerprint density at radius 1 is 1.05 bits per heavy atom. The zero-order valence-electron chi connectivity index (χ0n) is 10.4. The molecule has 21 heavy (non-hydrogen) atoms. The lowest BCUT2D eigenvalue weighted by Crippen LogP contribution is -2.14. The molecule has 0 bridgehead atoms. The Morgan fingerprint density at radius 2 is 1.67 bits per heavy atom. The molecule has 0 unspecified atom stereocenters. The Bertz CT molecular complexity index is 788. The Hall–Kier alpha value is -2.48. The lowest BCUT2D eigenvalue weighted by molar-refractivity contribution is 0.0696. The summed E-state index contributed by atoms with van der Waals surface area (Å²) in [5.74, 6) is -2.93. The molecule has 0 radical (unpaired) electrons. The molecule has 5 nitrogen and oxygen atoms in total. The van der Waals surface area contributed by atoms with E-state index in [0.29, 0.717) is 6.07 Å². The van der Waals surface area contributed by atoms with Crippen LogP contribution in [0, 0.1) is 11.6 Å². The molecule has 0 amide bonds. The van der Waals surface area contributed by atoms with E-state index < -0.39 is 33.3 Å². The third-order valence-electron chi connectivity index (χ3n) is 2.58. The van der Waals surface area contributed by atoms with Crippen molar-refractivity contribution in [3.05, 3.63) is 59.7 Å². The van der Waals surface area contributed by atoms with Crippen molar-refractivity contribution < 1.29 is 27.1 Å². The molecule has 2 N–H and O–H groups in total. The van der Waals surface area contributed by atoms with Gasteiger partial charge in [-0.15, -0.1) is 0 Å². The number of carboxylic acid groups (broad SMARTS) is 1. The van der Waals surface area contributed by atoms with Gasteiger partial charge < -0.3 is 5.11 Å². The molecule has 0 fully saturated rings. The minimum absolute atomic E-state index is 0.0918. The highest BCUT2D eigenvalue weighted by atomic mass is 32.2.